The van der Waals surface area contributed by atoms with Gasteiger partial charge in [-0.15, -0.1) is 0 Å². The van der Waals surface area contributed by atoms with Crippen LogP contribution in [0.15, 0.2) is 15.7 Å². The van der Waals surface area contributed by atoms with E-state index in [1.807, 2.05) is 4.98 Å². The highest BCUT2D eigenvalue weighted by Crippen LogP contribution is 2.21. The minimum Gasteiger partial charge on any atom is -0.394 e. The third-order valence-electron chi connectivity index (χ3n) is 2.96. The number of aromatic amines is 2. The minimum atomic E-state index is -0.730. The molecule has 8 nitrogen and oxygen atoms in total. The first-order chi connectivity index (χ1) is 9.30. The number of morpholine rings is 1. The maximum absolute atomic E-state index is 12.3. The van der Waals surface area contributed by atoms with Gasteiger partial charge in [0.1, 0.15) is 5.69 Å². The third-order valence-corrected chi connectivity index (χ3v) is 2.96. The number of aliphatic hydroxyl groups is 1. The molecule has 0 radical (unpaired) electrons. The van der Waals surface area contributed by atoms with E-state index in [1.165, 1.54) is 4.90 Å². The summed E-state index contributed by atoms with van der Waals surface area (Å²) in [6, 6.07) is 1.04. The van der Waals surface area contributed by atoms with E-state index >= 15 is 0 Å². The highest BCUT2D eigenvalue weighted by Gasteiger charge is 2.35. The van der Waals surface area contributed by atoms with Crippen molar-refractivity contribution in [3.05, 3.63) is 32.6 Å². The number of hydrogen-bond donors (Lipinski definition) is 3. The van der Waals surface area contributed by atoms with Gasteiger partial charge in [0.25, 0.3) is 11.5 Å². The Balaban J connectivity index is 2.27. The van der Waals surface area contributed by atoms with Gasteiger partial charge in [-0.25, -0.2) is 4.79 Å². The molecule has 110 valence electrons. The number of nitrogens with zero attached hydrogens (tertiary/aromatic N) is 1. The third kappa shape index (κ3) is 3.14. The SMILES string of the molecule is CC1(C)CN(C(=O)c2cc(=O)[nH]c(=O)[nH]2)CC(CO)O1. The van der Waals surface area contributed by atoms with Gasteiger partial charge in [-0.1, -0.05) is 0 Å². The Labute approximate surface area is 114 Å². The van der Waals surface area contributed by atoms with Crippen LogP contribution in [0.3, 0.4) is 0 Å². The molecule has 0 aromatic carbocycles. The Morgan fingerprint density at radius 1 is 1.50 bits per heavy atom. The molecular formula is C12H17N3O5. The van der Waals surface area contributed by atoms with Gasteiger partial charge in [0.05, 0.1) is 18.3 Å². The van der Waals surface area contributed by atoms with E-state index in [1.54, 1.807) is 13.8 Å². The molecule has 3 N–H and O–H groups in total. The van der Waals surface area contributed by atoms with Gasteiger partial charge in [0, 0.05) is 19.2 Å². The number of aliphatic hydroxyl groups excluding tert-OH is 1. The molecule has 1 fully saturated rings. The van der Waals surface area contributed by atoms with Crippen molar-refractivity contribution < 1.29 is 14.6 Å². The second-order valence-corrected chi connectivity index (χ2v) is 5.37. The van der Waals surface area contributed by atoms with E-state index in [4.69, 9.17) is 4.74 Å². The smallest absolute Gasteiger partial charge is 0.326 e. The number of rotatable bonds is 2. The van der Waals surface area contributed by atoms with Crippen molar-refractivity contribution in [2.75, 3.05) is 19.7 Å². The summed E-state index contributed by atoms with van der Waals surface area (Å²) in [5.41, 5.74) is -2.05. The Hall–Kier alpha value is -1.93. The zero-order valence-corrected chi connectivity index (χ0v) is 11.3. The number of aromatic nitrogens is 2. The summed E-state index contributed by atoms with van der Waals surface area (Å²) in [4.78, 5) is 40.5. The van der Waals surface area contributed by atoms with Gasteiger partial charge < -0.3 is 19.7 Å². The molecule has 0 saturated carbocycles. The summed E-state index contributed by atoms with van der Waals surface area (Å²) in [5.74, 6) is -0.469. The molecule has 1 aromatic heterocycles. The lowest BCUT2D eigenvalue weighted by molar-refractivity contribution is -0.139. The van der Waals surface area contributed by atoms with Crippen LogP contribution < -0.4 is 11.2 Å². The summed E-state index contributed by atoms with van der Waals surface area (Å²) < 4.78 is 5.60. The fourth-order valence-electron chi connectivity index (χ4n) is 2.30. The van der Waals surface area contributed by atoms with Crippen LogP contribution in [0.25, 0.3) is 0 Å². The van der Waals surface area contributed by atoms with E-state index in [9.17, 15) is 19.5 Å². The van der Waals surface area contributed by atoms with Crippen molar-refractivity contribution in [1.29, 1.82) is 0 Å². The van der Waals surface area contributed by atoms with Crippen LogP contribution in [-0.4, -0.2) is 57.3 Å². The summed E-state index contributed by atoms with van der Waals surface area (Å²) in [7, 11) is 0. The maximum Gasteiger partial charge on any atom is 0.326 e. The van der Waals surface area contributed by atoms with Crippen molar-refractivity contribution >= 4 is 5.91 Å². The van der Waals surface area contributed by atoms with Crippen molar-refractivity contribution in [1.82, 2.24) is 14.9 Å². The molecule has 1 amide bonds. The lowest BCUT2D eigenvalue weighted by Gasteiger charge is -2.42. The van der Waals surface area contributed by atoms with Gasteiger partial charge in [-0.3, -0.25) is 14.6 Å². The Morgan fingerprint density at radius 2 is 2.20 bits per heavy atom. The first-order valence-corrected chi connectivity index (χ1v) is 6.22. The molecule has 0 bridgehead atoms. The molecule has 8 heteroatoms. The average molecular weight is 283 g/mol. The van der Waals surface area contributed by atoms with Crippen molar-refractivity contribution in [2.45, 2.75) is 25.6 Å². The van der Waals surface area contributed by atoms with Crippen LogP contribution >= 0.6 is 0 Å². The van der Waals surface area contributed by atoms with Crippen LogP contribution in [0.4, 0.5) is 0 Å². The minimum absolute atomic E-state index is 0.0758. The lowest BCUT2D eigenvalue weighted by Crippen LogP contribution is -2.55. The standard InChI is InChI=1S/C12H17N3O5/c1-12(2)6-15(4-7(5-16)20-12)10(18)8-3-9(17)14-11(19)13-8/h3,7,16H,4-6H2,1-2H3,(H2,13,14,17,19). The molecule has 1 aliphatic heterocycles. The summed E-state index contributed by atoms with van der Waals surface area (Å²) in [5, 5.41) is 9.21. The number of nitrogens with one attached hydrogen (secondary N) is 2. The second kappa shape index (κ2) is 5.22. The Morgan fingerprint density at radius 3 is 2.80 bits per heavy atom. The van der Waals surface area contributed by atoms with Crippen molar-refractivity contribution in [2.24, 2.45) is 0 Å². The van der Waals surface area contributed by atoms with E-state index in [-0.39, 0.29) is 18.8 Å². The molecular weight excluding hydrogens is 266 g/mol. The first-order valence-electron chi connectivity index (χ1n) is 6.22. The topological polar surface area (TPSA) is 115 Å². The van der Waals surface area contributed by atoms with Gasteiger partial charge in [-0.05, 0) is 13.8 Å². The summed E-state index contributed by atoms with van der Waals surface area (Å²) in [6.45, 7) is 3.90. The molecule has 2 rings (SSSR count). The van der Waals surface area contributed by atoms with Crippen LogP contribution in [0.1, 0.15) is 24.3 Å². The maximum atomic E-state index is 12.3. The molecule has 0 aliphatic carbocycles. The fourth-order valence-corrected chi connectivity index (χ4v) is 2.30. The van der Waals surface area contributed by atoms with Gasteiger partial charge in [0.2, 0.25) is 0 Å². The van der Waals surface area contributed by atoms with Gasteiger partial charge in [0.15, 0.2) is 0 Å². The summed E-state index contributed by atoms with van der Waals surface area (Å²) >= 11 is 0. The van der Waals surface area contributed by atoms with E-state index in [0.29, 0.717) is 6.54 Å². The fraction of sp³-hybridized carbons (Fsp3) is 0.583. The van der Waals surface area contributed by atoms with Crippen molar-refractivity contribution in [3.63, 3.8) is 0 Å². The van der Waals surface area contributed by atoms with Crippen LogP contribution in [0.5, 0.6) is 0 Å². The quantitative estimate of drug-likeness (QED) is 0.622. The number of amides is 1. The highest BCUT2D eigenvalue weighted by molar-refractivity contribution is 5.92. The molecule has 1 aromatic rings. The van der Waals surface area contributed by atoms with Crippen molar-refractivity contribution in [3.8, 4) is 0 Å². The van der Waals surface area contributed by atoms with Gasteiger partial charge >= 0.3 is 5.69 Å². The van der Waals surface area contributed by atoms with E-state index < -0.39 is 28.9 Å². The van der Waals surface area contributed by atoms with Crippen LogP contribution in [-0.2, 0) is 4.74 Å². The molecule has 20 heavy (non-hydrogen) atoms. The molecule has 1 unspecified atom stereocenters. The predicted octanol–water partition coefficient (Wildman–Crippen LogP) is -1.32. The Kier molecular flexibility index (Phi) is 3.78. The Bertz CT molecular complexity index is 590. The normalized spacial score (nSPS) is 21.8. The monoisotopic (exact) mass is 283 g/mol. The molecule has 1 atom stereocenters. The number of ether oxygens (including phenoxy) is 1. The van der Waals surface area contributed by atoms with E-state index in [2.05, 4.69) is 4.98 Å². The first kappa shape index (κ1) is 14.5. The van der Waals surface area contributed by atoms with Crippen LogP contribution in [0, 0.1) is 0 Å². The predicted molar refractivity (Wildman–Crippen MR) is 69.6 cm³/mol. The molecule has 1 aliphatic rings. The van der Waals surface area contributed by atoms with Crippen LogP contribution in [0.2, 0.25) is 0 Å². The number of carbonyl (C=O) groups is 1. The summed E-state index contributed by atoms with van der Waals surface area (Å²) in [6.07, 6.45) is -0.489. The second-order valence-electron chi connectivity index (χ2n) is 5.37. The average Bonchev–Trinajstić information content (AvgIpc) is 2.34. The molecule has 0 spiro atoms. The van der Waals surface area contributed by atoms with E-state index in [0.717, 1.165) is 6.07 Å². The highest BCUT2D eigenvalue weighted by atomic mass is 16.5. The zero-order chi connectivity index (χ0) is 14.9. The van der Waals surface area contributed by atoms with Gasteiger partial charge in [-0.2, -0.15) is 0 Å². The molecule has 1 saturated heterocycles. The molecule has 2 heterocycles. The number of H-pyrrole nitrogens is 2. The lowest BCUT2D eigenvalue weighted by atomic mass is 10.0. The zero-order valence-electron chi connectivity index (χ0n) is 11.3. The number of hydrogen-bond acceptors (Lipinski definition) is 5. The largest absolute Gasteiger partial charge is 0.394 e. The number of carbonyl (C=O) groups excluding carboxylic acids is 1.